The van der Waals surface area contributed by atoms with E-state index in [1.54, 1.807) is 7.05 Å². The van der Waals surface area contributed by atoms with Crippen molar-refractivity contribution in [3.05, 3.63) is 5.82 Å². The Hall–Kier alpha value is -0.970. The van der Waals surface area contributed by atoms with E-state index in [0.717, 1.165) is 31.3 Å². The van der Waals surface area contributed by atoms with E-state index in [-0.39, 0.29) is 0 Å². The minimum absolute atomic E-state index is 0.721. The van der Waals surface area contributed by atoms with Gasteiger partial charge in [-0.1, -0.05) is 0 Å². The van der Waals surface area contributed by atoms with Gasteiger partial charge in [-0.25, -0.2) is 0 Å². The Labute approximate surface area is 64.8 Å². The van der Waals surface area contributed by atoms with Crippen LogP contribution in [0.2, 0.25) is 0 Å². The minimum Gasteiger partial charge on any atom is -0.316 e. The summed E-state index contributed by atoms with van der Waals surface area (Å²) in [4.78, 5) is 1.50. The lowest BCUT2D eigenvalue weighted by Gasteiger charge is -2.25. The van der Waals surface area contributed by atoms with Gasteiger partial charge in [0.15, 0.2) is 5.82 Å². The van der Waals surface area contributed by atoms with Crippen molar-refractivity contribution in [1.29, 1.82) is 0 Å². The van der Waals surface area contributed by atoms with Gasteiger partial charge in [0.25, 0.3) is 0 Å². The summed E-state index contributed by atoms with van der Waals surface area (Å²) >= 11 is 0. The Morgan fingerprint density at radius 2 is 2.45 bits per heavy atom. The van der Waals surface area contributed by atoms with Crippen molar-refractivity contribution in [2.45, 2.75) is 6.42 Å². The van der Waals surface area contributed by atoms with E-state index in [4.69, 9.17) is 0 Å². The molecule has 0 atom stereocenters. The number of nitrogens with zero attached hydrogens (tertiary/aromatic N) is 4. The predicted octanol–water partition coefficient (Wildman–Crippen LogP) is -1.03. The van der Waals surface area contributed by atoms with Crippen LogP contribution >= 0.6 is 0 Å². The van der Waals surface area contributed by atoms with Crippen LogP contribution in [0, 0.1) is 5.92 Å². The summed E-state index contributed by atoms with van der Waals surface area (Å²) in [6.45, 7) is 2.19. The molecular weight excluding hydrogens is 142 g/mol. The van der Waals surface area contributed by atoms with Gasteiger partial charge in [-0.3, -0.25) is 0 Å². The lowest BCUT2D eigenvalue weighted by Crippen LogP contribution is -2.43. The average molecular weight is 153 g/mol. The maximum absolute atomic E-state index is 4.10. The van der Waals surface area contributed by atoms with E-state index in [2.05, 4.69) is 20.7 Å². The van der Waals surface area contributed by atoms with Crippen LogP contribution in [0.3, 0.4) is 0 Å². The molecule has 0 aliphatic carbocycles. The summed E-state index contributed by atoms with van der Waals surface area (Å²) in [6, 6.07) is 0. The maximum atomic E-state index is 4.10. The third-order valence-corrected chi connectivity index (χ3v) is 1.89. The lowest BCUT2D eigenvalue weighted by atomic mass is 9.99. The zero-order valence-corrected chi connectivity index (χ0v) is 6.49. The highest BCUT2D eigenvalue weighted by Crippen LogP contribution is 2.07. The summed E-state index contributed by atoms with van der Waals surface area (Å²) in [7, 11) is 1.79. The first-order valence-electron chi connectivity index (χ1n) is 3.78. The number of rotatable bonds is 2. The SMILES string of the molecule is Cn1nnc(CC2CNC2)n1. The number of aromatic nitrogens is 4. The molecule has 0 radical (unpaired) electrons. The fraction of sp³-hybridized carbons (Fsp3) is 0.833. The number of hydrogen-bond acceptors (Lipinski definition) is 4. The third kappa shape index (κ3) is 1.37. The van der Waals surface area contributed by atoms with E-state index in [0.29, 0.717) is 0 Å². The van der Waals surface area contributed by atoms with Crippen LogP contribution in [0.5, 0.6) is 0 Å². The molecule has 0 unspecified atom stereocenters. The molecule has 0 spiro atoms. The van der Waals surface area contributed by atoms with Crippen molar-refractivity contribution in [1.82, 2.24) is 25.5 Å². The molecule has 1 saturated heterocycles. The molecule has 0 bridgehead atoms. The minimum atomic E-state index is 0.721. The topological polar surface area (TPSA) is 55.6 Å². The Morgan fingerprint density at radius 1 is 1.64 bits per heavy atom. The molecule has 0 aromatic carbocycles. The number of tetrazole rings is 1. The van der Waals surface area contributed by atoms with Crippen LogP contribution in [-0.2, 0) is 13.5 Å². The normalized spacial score (nSPS) is 18.3. The van der Waals surface area contributed by atoms with E-state index >= 15 is 0 Å². The Morgan fingerprint density at radius 3 is 2.91 bits per heavy atom. The van der Waals surface area contributed by atoms with Crippen molar-refractivity contribution in [2.24, 2.45) is 13.0 Å². The summed E-state index contributed by atoms with van der Waals surface area (Å²) in [5.41, 5.74) is 0. The van der Waals surface area contributed by atoms with Gasteiger partial charge < -0.3 is 5.32 Å². The molecule has 2 rings (SSSR count). The van der Waals surface area contributed by atoms with E-state index in [1.807, 2.05) is 0 Å². The van der Waals surface area contributed by atoms with Crippen molar-refractivity contribution < 1.29 is 0 Å². The molecule has 0 saturated carbocycles. The Bertz CT molecular complexity index is 239. The number of aryl methyl sites for hydroxylation is 1. The molecule has 1 aromatic heterocycles. The highest BCUT2D eigenvalue weighted by Gasteiger charge is 2.18. The fourth-order valence-electron chi connectivity index (χ4n) is 1.16. The molecule has 2 heterocycles. The molecule has 0 amide bonds. The molecule has 5 nitrogen and oxygen atoms in total. The van der Waals surface area contributed by atoms with Gasteiger partial charge in [0.1, 0.15) is 0 Å². The first-order valence-corrected chi connectivity index (χ1v) is 3.78. The summed E-state index contributed by atoms with van der Waals surface area (Å²) in [6.07, 6.45) is 0.959. The van der Waals surface area contributed by atoms with Crippen LogP contribution < -0.4 is 5.32 Å². The van der Waals surface area contributed by atoms with Crippen LogP contribution in [0.4, 0.5) is 0 Å². The first-order chi connectivity index (χ1) is 5.34. The molecule has 1 aliphatic heterocycles. The standard InChI is InChI=1S/C6H11N5/c1-11-9-6(8-10-11)2-5-3-7-4-5/h5,7H,2-4H2,1H3. The van der Waals surface area contributed by atoms with Crippen LogP contribution in [0.25, 0.3) is 0 Å². The average Bonchev–Trinajstić information content (AvgIpc) is 2.27. The van der Waals surface area contributed by atoms with Gasteiger partial charge in [0.2, 0.25) is 0 Å². The first kappa shape index (κ1) is 6.72. The van der Waals surface area contributed by atoms with Crippen LogP contribution in [0.15, 0.2) is 0 Å². The quantitative estimate of drug-likeness (QED) is 0.590. The molecule has 1 aliphatic rings. The summed E-state index contributed by atoms with van der Waals surface area (Å²) in [5, 5.41) is 15.0. The molecule has 60 valence electrons. The Kier molecular flexibility index (Phi) is 1.58. The largest absolute Gasteiger partial charge is 0.316 e. The molecule has 11 heavy (non-hydrogen) atoms. The Balaban J connectivity index is 1.95. The van der Waals surface area contributed by atoms with Crippen molar-refractivity contribution in [3.63, 3.8) is 0 Å². The third-order valence-electron chi connectivity index (χ3n) is 1.89. The fourth-order valence-corrected chi connectivity index (χ4v) is 1.16. The van der Waals surface area contributed by atoms with Gasteiger partial charge in [-0.05, 0) is 24.2 Å². The molecule has 1 N–H and O–H groups in total. The van der Waals surface area contributed by atoms with Crippen molar-refractivity contribution in [3.8, 4) is 0 Å². The predicted molar refractivity (Wildman–Crippen MR) is 38.9 cm³/mol. The monoisotopic (exact) mass is 153 g/mol. The van der Waals surface area contributed by atoms with Gasteiger partial charge in [0, 0.05) is 6.42 Å². The highest BCUT2D eigenvalue weighted by molar-refractivity contribution is 4.86. The van der Waals surface area contributed by atoms with E-state index in [1.165, 1.54) is 4.80 Å². The number of hydrogen-bond donors (Lipinski definition) is 1. The molecule has 1 aromatic rings. The van der Waals surface area contributed by atoms with Crippen LogP contribution in [0.1, 0.15) is 5.82 Å². The zero-order chi connectivity index (χ0) is 7.68. The number of nitrogens with one attached hydrogen (secondary N) is 1. The molecule has 5 heteroatoms. The smallest absolute Gasteiger partial charge is 0.175 e. The maximum Gasteiger partial charge on any atom is 0.175 e. The summed E-state index contributed by atoms with van der Waals surface area (Å²) in [5.74, 6) is 1.58. The van der Waals surface area contributed by atoms with Crippen molar-refractivity contribution >= 4 is 0 Å². The second kappa shape index (κ2) is 2.58. The summed E-state index contributed by atoms with van der Waals surface area (Å²) < 4.78 is 0. The zero-order valence-electron chi connectivity index (χ0n) is 6.49. The van der Waals surface area contributed by atoms with Crippen molar-refractivity contribution in [2.75, 3.05) is 13.1 Å². The lowest BCUT2D eigenvalue weighted by molar-refractivity contribution is 0.340. The van der Waals surface area contributed by atoms with Crippen LogP contribution in [-0.4, -0.2) is 33.3 Å². The second-order valence-corrected chi connectivity index (χ2v) is 2.92. The van der Waals surface area contributed by atoms with E-state index < -0.39 is 0 Å². The molecular formula is C6H11N5. The van der Waals surface area contributed by atoms with Gasteiger partial charge in [0.05, 0.1) is 7.05 Å². The second-order valence-electron chi connectivity index (χ2n) is 2.92. The van der Waals surface area contributed by atoms with Gasteiger partial charge in [-0.15, -0.1) is 10.2 Å². The van der Waals surface area contributed by atoms with Gasteiger partial charge in [-0.2, -0.15) is 4.80 Å². The van der Waals surface area contributed by atoms with E-state index in [9.17, 15) is 0 Å². The highest BCUT2D eigenvalue weighted by atomic mass is 15.6. The molecule has 1 fully saturated rings. The van der Waals surface area contributed by atoms with Gasteiger partial charge >= 0.3 is 0 Å².